The highest BCUT2D eigenvalue weighted by atomic mass is 35.5. The molecule has 3 aromatic rings. The number of hydrogen-bond donors (Lipinski definition) is 2. The van der Waals surface area contributed by atoms with Crippen LogP contribution in [-0.2, 0) is 0 Å². The molecule has 6 nitrogen and oxygen atoms in total. The van der Waals surface area contributed by atoms with E-state index in [-0.39, 0.29) is 0 Å². The van der Waals surface area contributed by atoms with E-state index in [1.165, 1.54) is 0 Å². The van der Waals surface area contributed by atoms with E-state index in [2.05, 4.69) is 25.2 Å². The van der Waals surface area contributed by atoms with Crippen molar-refractivity contribution < 1.29 is 0 Å². The molecule has 0 radical (unpaired) electrons. The van der Waals surface area contributed by atoms with Crippen molar-refractivity contribution in [2.75, 3.05) is 36.8 Å². The highest BCUT2D eigenvalue weighted by molar-refractivity contribution is 6.34. The van der Waals surface area contributed by atoms with Crippen LogP contribution in [0.15, 0.2) is 30.6 Å². The number of aromatic nitrogens is 3. The van der Waals surface area contributed by atoms with Gasteiger partial charge in [-0.05, 0) is 30.7 Å². The van der Waals surface area contributed by atoms with Gasteiger partial charge in [-0.3, -0.25) is 0 Å². The van der Waals surface area contributed by atoms with E-state index in [0.29, 0.717) is 10.8 Å². The van der Waals surface area contributed by atoms with Crippen LogP contribution in [0.4, 0.5) is 11.6 Å². The molecule has 1 aromatic carbocycles. The maximum atomic E-state index is 6.61. The third-order valence-corrected chi connectivity index (χ3v) is 4.81. The van der Waals surface area contributed by atoms with Crippen LogP contribution in [0.5, 0.6) is 0 Å². The molecule has 0 atom stereocenters. The first-order chi connectivity index (χ1) is 12.1. The number of anilines is 2. The minimum Gasteiger partial charge on any atom is -0.384 e. The Bertz CT molecular complexity index is 936. The number of nitrogens with two attached hydrogens (primary N) is 1. The molecule has 2 aromatic heterocycles. The summed E-state index contributed by atoms with van der Waals surface area (Å²) in [5.41, 5.74) is 9.35. The van der Waals surface area contributed by atoms with Crippen LogP contribution in [0, 0.1) is 6.92 Å². The zero-order valence-corrected chi connectivity index (χ0v) is 14.7. The van der Waals surface area contributed by atoms with Crippen molar-refractivity contribution in [1.82, 2.24) is 20.3 Å². The van der Waals surface area contributed by atoms with Gasteiger partial charge in [-0.15, -0.1) is 0 Å². The molecule has 128 valence electrons. The van der Waals surface area contributed by atoms with Crippen molar-refractivity contribution in [3.63, 3.8) is 0 Å². The molecule has 0 unspecified atom stereocenters. The number of fused-ring (bicyclic) bond motifs is 1. The summed E-state index contributed by atoms with van der Waals surface area (Å²) in [6, 6.07) is 7.65. The van der Waals surface area contributed by atoms with E-state index in [1.807, 2.05) is 25.1 Å². The number of nitrogens with zero attached hydrogens (tertiary/aromatic N) is 4. The lowest BCUT2D eigenvalue weighted by Gasteiger charge is -2.29. The second kappa shape index (κ2) is 6.46. The molecule has 1 aliphatic heterocycles. The molecular weight excluding hydrogens is 336 g/mol. The number of benzene rings is 1. The van der Waals surface area contributed by atoms with Gasteiger partial charge in [0.1, 0.15) is 18.0 Å². The van der Waals surface area contributed by atoms with Gasteiger partial charge in [-0.25, -0.2) is 15.0 Å². The van der Waals surface area contributed by atoms with Gasteiger partial charge in [0.2, 0.25) is 0 Å². The number of halogens is 1. The Labute approximate surface area is 151 Å². The lowest BCUT2D eigenvalue weighted by Crippen LogP contribution is -2.44. The first-order valence-electron chi connectivity index (χ1n) is 8.27. The molecule has 1 aliphatic rings. The van der Waals surface area contributed by atoms with E-state index in [1.54, 1.807) is 12.4 Å². The highest BCUT2D eigenvalue weighted by Crippen LogP contribution is 2.35. The molecule has 3 N–H and O–H groups in total. The standard InChI is InChI=1S/C18H19ClN6/c1-11-2-3-16(20)24-17(11)12-9-15-13(8-14(12)19)18(23-10-22-15)25-6-4-21-5-7-25/h2-3,8-10,21H,4-7H2,1H3,(H2,20,24). The maximum absolute atomic E-state index is 6.61. The number of aryl methyl sites for hydroxylation is 1. The molecule has 0 saturated carbocycles. The highest BCUT2D eigenvalue weighted by Gasteiger charge is 2.18. The number of hydrogen-bond acceptors (Lipinski definition) is 6. The fourth-order valence-electron chi connectivity index (χ4n) is 3.19. The third-order valence-electron chi connectivity index (χ3n) is 4.49. The minimum atomic E-state index is 0.473. The van der Waals surface area contributed by atoms with E-state index in [4.69, 9.17) is 17.3 Å². The van der Waals surface area contributed by atoms with Gasteiger partial charge in [0.25, 0.3) is 0 Å². The van der Waals surface area contributed by atoms with Crippen molar-refractivity contribution in [2.45, 2.75) is 6.92 Å². The SMILES string of the molecule is Cc1ccc(N)nc1-c1cc2ncnc(N3CCNCC3)c2cc1Cl. The molecule has 0 aliphatic carbocycles. The second-order valence-electron chi connectivity index (χ2n) is 6.19. The van der Waals surface area contributed by atoms with Gasteiger partial charge >= 0.3 is 0 Å². The van der Waals surface area contributed by atoms with Crippen molar-refractivity contribution in [3.05, 3.63) is 41.2 Å². The Kier molecular flexibility index (Phi) is 4.15. The predicted molar refractivity (Wildman–Crippen MR) is 102 cm³/mol. The topological polar surface area (TPSA) is 80.0 Å². The van der Waals surface area contributed by atoms with Crippen molar-refractivity contribution in [2.24, 2.45) is 0 Å². The van der Waals surface area contributed by atoms with Crippen molar-refractivity contribution in [3.8, 4) is 11.3 Å². The Morgan fingerprint density at radius 1 is 1.16 bits per heavy atom. The molecule has 0 spiro atoms. The average molecular weight is 355 g/mol. The zero-order chi connectivity index (χ0) is 17.4. The summed E-state index contributed by atoms with van der Waals surface area (Å²) in [4.78, 5) is 15.7. The second-order valence-corrected chi connectivity index (χ2v) is 6.59. The fourth-order valence-corrected chi connectivity index (χ4v) is 3.44. The lowest BCUT2D eigenvalue weighted by molar-refractivity contribution is 0.586. The summed E-state index contributed by atoms with van der Waals surface area (Å²) in [5, 5.41) is 4.94. The van der Waals surface area contributed by atoms with Crippen LogP contribution in [0.25, 0.3) is 22.2 Å². The van der Waals surface area contributed by atoms with Gasteiger partial charge in [0.15, 0.2) is 0 Å². The van der Waals surface area contributed by atoms with E-state index in [9.17, 15) is 0 Å². The number of rotatable bonds is 2. The van der Waals surface area contributed by atoms with Gasteiger partial charge in [-0.1, -0.05) is 17.7 Å². The minimum absolute atomic E-state index is 0.473. The van der Waals surface area contributed by atoms with Crippen molar-refractivity contribution in [1.29, 1.82) is 0 Å². The number of piperazine rings is 1. The Hall–Kier alpha value is -2.44. The van der Waals surface area contributed by atoms with Crippen LogP contribution in [0.1, 0.15) is 5.56 Å². The number of nitrogen functional groups attached to an aromatic ring is 1. The predicted octanol–water partition coefficient (Wildman–Crippen LogP) is 2.65. The largest absolute Gasteiger partial charge is 0.384 e. The summed E-state index contributed by atoms with van der Waals surface area (Å²) in [5.74, 6) is 1.40. The van der Waals surface area contributed by atoms with Crippen LogP contribution in [0.2, 0.25) is 5.02 Å². The molecule has 1 saturated heterocycles. The normalized spacial score (nSPS) is 14.9. The molecule has 3 heterocycles. The Morgan fingerprint density at radius 3 is 2.76 bits per heavy atom. The molecule has 0 amide bonds. The molecular formula is C18H19ClN6. The van der Waals surface area contributed by atoms with Crippen molar-refractivity contribution >= 4 is 34.1 Å². The van der Waals surface area contributed by atoms with Gasteiger partial charge in [-0.2, -0.15) is 0 Å². The molecule has 1 fully saturated rings. The van der Waals surface area contributed by atoms with Gasteiger partial charge < -0.3 is 16.0 Å². The average Bonchev–Trinajstić information content (AvgIpc) is 2.63. The van der Waals surface area contributed by atoms with Gasteiger partial charge in [0.05, 0.1) is 16.2 Å². The van der Waals surface area contributed by atoms with E-state index >= 15 is 0 Å². The van der Waals surface area contributed by atoms with Crippen LogP contribution in [0.3, 0.4) is 0 Å². The monoisotopic (exact) mass is 354 g/mol. The quantitative estimate of drug-likeness (QED) is 0.736. The first kappa shape index (κ1) is 16.1. The molecule has 25 heavy (non-hydrogen) atoms. The summed E-state index contributed by atoms with van der Waals surface area (Å²) >= 11 is 6.61. The summed E-state index contributed by atoms with van der Waals surface area (Å²) in [6.45, 7) is 5.73. The molecule has 0 bridgehead atoms. The Balaban J connectivity index is 1.87. The van der Waals surface area contributed by atoms with Gasteiger partial charge in [0, 0.05) is 37.1 Å². The van der Waals surface area contributed by atoms with Crippen LogP contribution >= 0.6 is 11.6 Å². The van der Waals surface area contributed by atoms with Crippen LogP contribution in [-0.4, -0.2) is 41.1 Å². The zero-order valence-electron chi connectivity index (χ0n) is 14.0. The summed E-state index contributed by atoms with van der Waals surface area (Å²) < 4.78 is 0. The Morgan fingerprint density at radius 2 is 1.96 bits per heavy atom. The van der Waals surface area contributed by atoms with E-state index < -0.39 is 0 Å². The van der Waals surface area contributed by atoms with E-state index in [0.717, 1.165) is 59.7 Å². The third kappa shape index (κ3) is 2.99. The fraction of sp³-hybridized carbons (Fsp3) is 0.278. The lowest BCUT2D eigenvalue weighted by atomic mass is 10.0. The molecule has 4 rings (SSSR count). The smallest absolute Gasteiger partial charge is 0.140 e. The summed E-state index contributed by atoms with van der Waals surface area (Å²) in [7, 11) is 0. The molecule has 7 heteroatoms. The maximum Gasteiger partial charge on any atom is 0.140 e. The summed E-state index contributed by atoms with van der Waals surface area (Å²) in [6.07, 6.45) is 1.61. The number of nitrogens with one attached hydrogen (secondary N) is 1. The number of pyridine rings is 1. The van der Waals surface area contributed by atoms with Crippen LogP contribution < -0.4 is 16.0 Å². The first-order valence-corrected chi connectivity index (χ1v) is 8.65.